The number of hydrogen-bond donors (Lipinski definition) is 1. The summed E-state index contributed by atoms with van der Waals surface area (Å²) in [6, 6.07) is 4.68. The molecule has 0 heterocycles. The van der Waals surface area contributed by atoms with Crippen LogP contribution in [0.5, 0.6) is 0 Å². The molecule has 0 aliphatic heterocycles. The summed E-state index contributed by atoms with van der Waals surface area (Å²) < 4.78 is 40.2. The molecule has 0 atom stereocenters. The molecule has 2 rings (SSSR count). The van der Waals surface area contributed by atoms with Crippen LogP contribution in [0, 0.1) is 17.5 Å². The summed E-state index contributed by atoms with van der Waals surface area (Å²) >= 11 is 5.55. The van der Waals surface area contributed by atoms with Crippen LogP contribution < -0.4 is 0 Å². The first kappa shape index (κ1) is 13.4. The van der Waals surface area contributed by atoms with E-state index in [2.05, 4.69) is 0 Å². The summed E-state index contributed by atoms with van der Waals surface area (Å²) in [5.74, 6) is -4.26. The molecule has 2 aromatic rings. The van der Waals surface area contributed by atoms with Crippen LogP contribution in [0.4, 0.5) is 13.2 Å². The van der Waals surface area contributed by atoms with Gasteiger partial charge >= 0.3 is 5.97 Å². The lowest BCUT2D eigenvalue weighted by Crippen LogP contribution is -2.02. The van der Waals surface area contributed by atoms with Crippen LogP contribution in [0.2, 0.25) is 5.02 Å². The van der Waals surface area contributed by atoms with Crippen LogP contribution in [0.15, 0.2) is 30.3 Å². The maximum atomic E-state index is 13.7. The third kappa shape index (κ3) is 2.56. The normalized spacial score (nSPS) is 10.5. The van der Waals surface area contributed by atoms with Gasteiger partial charge in [0.15, 0.2) is 0 Å². The van der Waals surface area contributed by atoms with Crippen molar-refractivity contribution in [1.29, 1.82) is 0 Å². The number of carbonyl (C=O) groups is 1. The first-order chi connectivity index (χ1) is 8.90. The quantitative estimate of drug-likeness (QED) is 0.901. The zero-order valence-electron chi connectivity index (χ0n) is 9.25. The van der Waals surface area contributed by atoms with E-state index in [-0.39, 0.29) is 16.1 Å². The smallest absolute Gasteiger partial charge is 0.338 e. The third-order valence-corrected chi connectivity index (χ3v) is 2.81. The number of hydrogen-bond acceptors (Lipinski definition) is 1. The maximum Gasteiger partial charge on any atom is 0.338 e. The highest BCUT2D eigenvalue weighted by molar-refractivity contribution is 6.31. The molecule has 0 bridgehead atoms. The fourth-order valence-corrected chi connectivity index (χ4v) is 1.78. The fraction of sp³-hybridized carbons (Fsp3) is 0. The van der Waals surface area contributed by atoms with Crippen molar-refractivity contribution in [3.05, 3.63) is 58.4 Å². The Balaban J connectivity index is 2.60. The molecule has 0 saturated carbocycles. The molecule has 1 N–H and O–H groups in total. The number of carboxylic acid groups (broad SMARTS) is 1. The average molecular weight is 287 g/mol. The van der Waals surface area contributed by atoms with Gasteiger partial charge in [0, 0.05) is 5.56 Å². The van der Waals surface area contributed by atoms with Crippen molar-refractivity contribution in [3.8, 4) is 11.1 Å². The number of benzene rings is 2. The molecule has 0 fully saturated rings. The third-order valence-electron chi connectivity index (χ3n) is 2.52. The van der Waals surface area contributed by atoms with Gasteiger partial charge in [0.25, 0.3) is 0 Å². The Labute approximate surface area is 111 Å². The van der Waals surface area contributed by atoms with Crippen molar-refractivity contribution in [3.63, 3.8) is 0 Å². The summed E-state index contributed by atoms with van der Waals surface area (Å²) in [5, 5.41) is 8.42. The van der Waals surface area contributed by atoms with Gasteiger partial charge in [-0.15, -0.1) is 0 Å². The van der Waals surface area contributed by atoms with Crippen LogP contribution in [0.25, 0.3) is 11.1 Å². The van der Waals surface area contributed by atoms with Gasteiger partial charge in [0.1, 0.15) is 17.5 Å². The molecule has 98 valence electrons. The minimum atomic E-state index is -1.57. The number of rotatable bonds is 2. The molecule has 0 amide bonds. The Hall–Kier alpha value is -2.01. The van der Waals surface area contributed by atoms with Crippen LogP contribution in [-0.4, -0.2) is 11.1 Å². The largest absolute Gasteiger partial charge is 0.478 e. The zero-order valence-corrected chi connectivity index (χ0v) is 10.0. The Morgan fingerprint density at radius 3 is 2.26 bits per heavy atom. The van der Waals surface area contributed by atoms with E-state index in [1.807, 2.05) is 0 Å². The maximum absolute atomic E-state index is 13.7. The predicted octanol–water partition coefficient (Wildman–Crippen LogP) is 4.12. The molecular formula is C13H6ClF3O2. The van der Waals surface area contributed by atoms with Crippen molar-refractivity contribution >= 4 is 17.6 Å². The van der Waals surface area contributed by atoms with Gasteiger partial charge in [-0.2, -0.15) is 0 Å². The molecule has 19 heavy (non-hydrogen) atoms. The highest BCUT2D eigenvalue weighted by atomic mass is 35.5. The second-order valence-corrected chi connectivity index (χ2v) is 4.15. The lowest BCUT2D eigenvalue weighted by Gasteiger charge is -2.07. The molecule has 0 radical (unpaired) electrons. The van der Waals surface area contributed by atoms with Gasteiger partial charge in [-0.05, 0) is 29.8 Å². The molecule has 2 aromatic carbocycles. The lowest BCUT2D eigenvalue weighted by atomic mass is 10.0. The Morgan fingerprint density at radius 1 is 1.00 bits per heavy atom. The highest BCUT2D eigenvalue weighted by Gasteiger charge is 2.16. The second-order valence-electron chi connectivity index (χ2n) is 3.75. The summed E-state index contributed by atoms with van der Waals surface area (Å²) in [6.45, 7) is 0. The molecular weight excluding hydrogens is 281 g/mol. The van der Waals surface area contributed by atoms with E-state index in [1.54, 1.807) is 0 Å². The molecule has 0 saturated heterocycles. The summed E-state index contributed by atoms with van der Waals surface area (Å²) in [5.41, 5.74) is -0.807. The van der Waals surface area contributed by atoms with E-state index in [0.29, 0.717) is 6.07 Å². The van der Waals surface area contributed by atoms with E-state index in [1.165, 1.54) is 6.07 Å². The van der Waals surface area contributed by atoms with Gasteiger partial charge < -0.3 is 5.11 Å². The topological polar surface area (TPSA) is 37.3 Å². The molecule has 0 aromatic heterocycles. The summed E-state index contributed by atoms with van der Waals surface area (Å²) in [6.07, 6.45) is 0. The Kier molecular flexibility index (Phi) is 3.48. The van der Waals surface area contributed by atoms with E-state index in [9.17, 15) is 18.0 Å². The first-order valence-electron chi connectivity index (χ1n) is 5.08. The number of aromatic carboxylic acids is 1. The van der Waals surface area contributed by atoms with Gasteiger partial charge in [-0.1, -0.05) is 17.7 Å². The number of carboxylic acids is 1. The summed E-state index contributed by atoms with van der Waals surface area (Å²) in [4.78, 5) is 10.6. The molecule has 0 spiro atoms. The Bertz CT molecular complexity index is 671. The molecule has 0 unspecified atom stereocenters. The molecule has 2 nitrogen and oxygen atoms in total. The van der Waals surface area contributed by atoms with E-state index >= 15 is 0 Å². The highest BCUT2D eigenvalue weighted by Crippen LogP contribution is 2.28. The second kappa shape index (κ2) is 4.93. The minimum absolute atomic E-state index is 0.153. The average Bonchev–Trinajstić information content (AvgIpc) is 2.35. The van der Waals surface area contributed by atoms with Crippen molar-refractivity contribution in [2.75, 3.05) is 0 Å². The monoisotopic (exact) mass is 286 g/mol. The van der Waals surface area contributed by atoms with Gasteiger partial charge in [-0.3, -0.25) is 0 Å². The lowest BCUT2D eigenvalue weighted by molar-refractivity contribution is 0.0691. The van der Waals surface area contributed by atoms with Gasteiger partial charge in [0.05, 0.1) is 10.6 Å². The van der Waals surface area contributed by atoms with Gasteiger partial charge in [0.2, 0.25) is 0 Å². The molecule has 0 aliphatic carbocycles. The van der Waals surface area contributed by atoms with Crippen molar-refractivity contribution in [1.82, 2.24) is 0 Å². The van der Waals surface area contributed by atoms with Crippen molar-refractivity contribution in [2.24, 2.45) is 0 Å². The van der Waals surface area contributed by atoms with Crippen LogP contribution in [0.3, 0.4) is 0 Å². The van der Waals surface area contributed by atoms with Gasteiger partial charge in [-0.25, -0.2) is 18.0 Å². The first-order valence-corrected chi connectivity index (χ1v) is 5.45. The van der Waals surface area contributed by atoms with Crippen molar-refractivity contribution in [2.45, 2.75) is 0 Å². The van der Waals surface area contributed by atoms with Crippen LogP contribution in [-0.2, 0) is 0 Å². The summed E-state index contributed by atoms with van der Waals surface area (Å²) in [7, 11) is 0. The number of halogens is 4. The van der Waals surface area contributed by atoms with Crippen molar-refractivity contribution < 1.29 is 23.1 Å². The molecule has 6 heteroatoms. The SMILES string of the molecule is O=C(O)c1cc(F)c(-c2ccc(F)c(Cl)c2)cc1F. The minimum Gasteiger partial charge on any atom is -0.478 e. The van der Waals surface area contributed by atoms with E-state index in [4.69, 9.17) is 16.7 Å². The zero-order chi connectivity index (χ0) is 14.2. The Morgan fingerprint density at radius 2 is 1.68 bits per heavy atom. The fourth-order valence-electron chi connectivity index (χ4n) is 1.60. The van der Waals surface area contributed by atoms with Crippen LogP contribution >= 0.6 is 11.6 Å². The van der Waals surface area contributed by atoms with Crippen LogP contribution in [0.1, 0.15) is 10.4 Å². The standard InChI is InChI=1S/C13H6ClF3O2/c14-9-3-6(1-2-10(9)15)7-4-12(17)8(13(18)19)5-11(7)16/h1-5H,(H,18,19). The van der Waals surface area contributed by atoms with E-state index in [0.717, 1.165) is 18.2 Å². The predicted molar refractivity (Wildman–Crippen MR) is 63.7 cm³/mol. The van der Waals surface area contributed by atoms with E-state index < -0.39 is 29.0 Å². The molecule has 0 aliphatic rings.